The Hall–Kier alpha value is -1.46. The molecule has 2 atom stereocenters. The summed E-state index contributed by atoms with van der Waals surface area (Å²) in [5, 5.41) is 14.4. The van der Waals surface area contributed by atoms with Gasteiger partial charge >= 0.3 is 0 Å². The second-order valence-electron chi connectivity index (χ2n) is 5.52. The maximum Gasteiger partial charge on any atom is 0.269 e. The van der Waals surface area contributed by atoms with Gasteiger partial charge in [-0.2, -0.15) is 0 Å². The van der Waals surface area contributed by atoms with E-state index >= 15 is 0 Å². The molecule has 1 rings (SSSR count). The third kappa shape index (κ3) is 5.27. The zero-order valence-corrected chi connectivity index (χ0v) is 12.8. The lowest BCUT2D eigenvalue weighted by Crippen LogP contribution is -2.38. The van der Waals surface area contributed by atoms with Crippen LogP contribution >= 0.6 is 0 Å². The Morgan fingerprint density at radius 2 is 2.10 bits per heavy atom. The van der Waals surface area contributed by atoms with Gasteiger partial charge in [0.1, 0.15) is 0 Å². The first kappa shape index (κ1) is 16.6. The topological polar surface area (TPSA) is 58.4 Å². The highest BCUT2D eigenvalue weighted by Crippen LogP contribution is 2.23. The molecule has 1 N–H and O–H groups in total. The van der Waals surface area contributed by atoms with Crippen LogP contribution in [-0.2, 0) is 0 Å². The summed E-state index contributed by atoms with van der Waals surface area (Å²) < 4.78 is 0. The molecule has 0 amide bonds. The number of nitrogens with zero attached hydrogens (tertiary/aromatic N) is 2. The van der Waals surface area contributed by atoms with Crippen LogP contribution in [0.25, 0.3) is 0 Å². The maximum absolute atomic E-state index is 10.9. The van der Waals surface area contributed by atoms with Crippen molar-refractivity contribution in [3.63, 3.8) is 0 Å². The Morgan fingerprint density at radius 1 is 1.40 bits per heavy atom. The van der Waals surface area contributed by atoms with E-state index in [0.29, 0.717) is 6.04 Å². The fourth-order valence-electron chi connectivity index (χ4n) is 2.43. The van der Waals surface area contributed by atoms with Crippen LogP contribution in [0.4, 0.5) is 5.69 Å². The van der Waals surface area contributed by atoms with Gasteiger partial charge in [0, 0.05) is 30.8 Å². The van der Waals surface area contributed by atoms with Crippen molar-refractivity contribution in [1.29, 1.82) is 0 Å². The SMILES string of the molecule is CCCC(NC(C)CN(C)C)c1cccc([N+](=O)[O-])c1. The summed E-state index contributed by atoms with van der Waals surface area (Å²) in [5.74, 6) is 0. The Kier molecular flexibility index (Phi) is 6.61. The minimum Gasteiger partial charge on any atom is -0.308 e. The van der Waals surface area contributed by atoms with E-state index in [0.717, 1.165) is 24.9 Å². The maximum atomic E-state index is 10.9. The van der Waals surface area contributed by atoms with Gasteiger partial charge in [-0.1, -0.05) is 25.5 Å². The molecule has 0 aliphatic rings. The van der Waals surface area contributed by atoms with Gasteiger partial charge in [0.2, 0.25) is 0 Å². The molecule has 1 aromatic rings. The van der Waals surface area contributed by atoms with Gasteiger partial charge < -0.3 is 10.2 Å². The third-order valence-electron chi connectivity index (χ3n) is 3.19. The summed E-state index contributed by atoms with van der Waals surface area (Å²) in [5.41, 5.74) is 1.15. The van der Waals surface area contributed by atoms with Gasteiger partial charge in [0.25, 0.3) is 5.69 Å². The van der Waals surface area contributed by atoms with Crippen molar-refractivity contribution < 1.29 is 4.92 Å². The van der Waals surface area contributed by atoms with E-state index in [1.165, 1.54) is 6.07 Å². The van der Waals surface area contributed by atoms with Crippen LogP contribution in [0.2, 0.25) is 0 Å². The molecule has 0 bridgehead atoms. The smallest absolute Gasteiger partial charge is 0.269 e. The number of nitro benzene ring substituents is 1. The number of hydrogen-bond donors (Lipinski definition) is 1. The molecule has 0 aromatic heterocycles. The number of benzene rings is 1. The molecule has 5 heteroatoms. The fourth-order valence-corrected chi connectivity index (χ4v) is 2.43. The lowest BCUT2D eigenvalue weighted by atomic mass is 10.0. The summed E-state index contributed by atoms with van der Waals surface area (Å²) in [6, 6.07) is 7.43. The van der Waals surface area contributed by atoms with Crippen molar-refractivity contribution in [1.82, 2.24) is 10.2 Å². The molecular formula is C15H25N3O2. The lowest BCUT2D eigenvalue weighted by molar-refractivity contribution is -0.384. The van der Waals surface area contributed by atoms with Crippen LogP contribution in [-0.4, -0.2) is 36.5 Å². The van der Waals surface area contributed by atoms with Gasteiger partial charge in [-0.25, -0.2) is 0 Å². The van der Waals surface area contributed by atoms with E-state index in [1.807, 2.05) is 20.2 Å². The molecule has 0 heterocycles. The first-order valence-electron chi connectivity index (χ1n) is 7.09. The van der Waals surface area contributed by atoms with Gasteiger partial charge in [-0.3, -0.25) is 10.1 Å². The van der Waals surface area contributed by atoms with E-state index in [4.69, 9.17) is 0 Å². The molecule has 20 heavy (non-hydrogen) atoms. The zero-order valence-electron chi connectivity index (χ0n) is 12.8. The van der Waals surface area contributed by atoms with E-state index in [-0.39, 0.29) is 16.7 Å². The van der Waals surface area contributed by atoms with Crippen molar-refractivity contribution in [2.45, 2.75) is 38.8 Å². The second kappa shape index (κ2) is 7.97. The highest BCUT2D eigenvalue weighted by molar-refractivity contribution is 5.35. The molecule has 0 aliphatic heterocycles. The average Bonchev–Trinajstić information content (AvgIpc) is 2.37. The first-order chi connectivity index (χ1) is 9.43. The highest BCUT2D eigenvalue weighted by Gasteiger charge is 2.16. The average molecular weight is 279 g/mol. The van der Waals surface area contributed by atoms with Gasteiger partial charge in [-0.05, 0) is 33.0 Å². The van der Waals surface area contributed by atoms with Crippen LogP contribution < -0.4 is 5.32 Å². The summed E-state index contributed by atoms with van der Waals surface area (Å²) in [7, 11) is 4.08. The normalized spacial score (nSPS) is 14.2. The second-order valence-corrected chi connectivity index (χ2v) is 5.52. The Morgan fingerprint density at radius 3 is 2.65 bits per heavy atom. The molecule has 112 valence electrons. The van der Waals surface area contributed by atoms with Crippen LogP contribution in [0.1, 0.15) is 38.3 Å². The highest BCUT2D eigenvalue weighted by atomic mass is 16.6. The molecule has 0 saturated carbocycles. The quantitative estimate of drug-likeness (QED) is 0.587. The Balaban J connectivity index is 2.84. The Labute approximate surface area is 121 Å². The number of nitro groups is 1. The summed E-state index contributed by atoms with van der Waals surface area (Å²) in [6.07, 6.45) is 2.01. The van der Waals surface area contributed by atoms with Crippen molar-refractivity contribution >= 4 is 5.69 Å². The number of nitrogens with one attached hydrogen (secondary N) is 1. The molecule has 0 spiro atoms. The predicted molar refractivity (Wildman–Crippen MR) is 81.9 cm³/mol. The van der Waals surface area contributed by atoms with Crippen LogP contribution in [0.3, 0.4) is 0 Å². The van der Waals surface area contributed by atoms with Gasteiger partial charge in [0.05, 0.1) is 4.92 Å². The molecule has 0 saturated heterocycles. The van der Waals surface area contributed by atoms with Crippen LogP contribution in [0.15, 0.2) is 24.3 Å². The predicted octanol–water partition coefficient (Wildman–Crippen LogP) is 2.98. The van der Waals surface area contributed by atoms with Gasteiger partial charge in [-0.15, -0.1) is 0 Å². The van der Waals surface area contributed by atoms with Crippen LogP contribution in [0, 0.1) is 10.1 Å². The molecule has 1 aromatic carbocycles. The monoisotopic (exact) mass is 279 g/mol. The number of non-ortho nitro benzene ring substituents is 1. The van der Waals surface area contributed by atoms with E-state index in [9.17, 15) is 10.1 Å². The minimum absolute atomic E-state index is 0.158. The minimum atomic E-state index is -0.338. The van der Waals surface area contributed by atoms with Crippen molar-refractivity contribution in [3.8, 4) is 0 Å². The molecule has 2 unspecified atom stereocenters. The molecule has 0 aliphatic carbocycles. The summed E-state index contributed by atoms with van der Waals surface area (Å²) in [4.78, 5) is 12.7. The Bertz CT molecular complexity index is 435. The molecule has 5 nitrogen and oxygen atoms in total. The fraction of sp³-hybridized carbons (Fsp3) is 0.600. The summed E-state index contributed by atoms with van der Waals surface area (Å²) >= 11 is 0. The van der Waals surface area contributed by atoms with Crippen LogP contribution in [0.5, 0.6) is 0 Å². The first-order valence-corrected chi connectivity index (χ1v) is 7.09. The standard InChI is InChI=1S/C15H25N3O2/c1-5-7-15(16-12(2)11-17(3)4)13-8-6-9-14(10-13)18(19)20/h6,8-10,12,15-16H,5,7,11H2,1-4H3. The zero-order chi connectivity index (χ0) is 15.1. The van der Waals surface area contributed by atoms with Gasteiger partial charge in [0.15, 0.2) is 0 Å². The van der Waals surface area contributed by atoms with E-state index in [1.54, 1.807) is 12.1 Å². The largest absolute Gasteiger partial charge is 0.308 e. The number of hydrogen-bond acceptors (Lipinski definition) is 4. The van der Waals surface area contributed by atoms with E-state index in [2.05, 4.69) is 24.1 Å². The lowest BCUT2D eigenvalue weighted by Gasteiger charge is -2.25. The third-order valence-corrected chi connectivity index (χ3v) is 3.19. The molecule has 0 fully saturated rings. The van der Waals surface area contributed by atoms with Crippen molar-refractivity contribution in [2.75, 3.05) is 20.6 Å². The van der Waals surface area contributed by atoms with Crippen molar-refractivity contribution in [3.05, 3.63) is 39.9 Å². The molecular weight excluding hydrogens is 254 g/mol. The van der Waals surface area contributed by atoms with Crippen molar-refractivity contribution in [2.24, 2.45) is 0 Å². The number of rotatable bonds is 8. The summed E-state index contributed by atoms with van der Waals surface area (Å²) in [6.45, 7) is 5.21. The molecule has 0 radical (unpaired) electrons. The van der Waals surface area contributed by atoms with E-state index < -0.39 is 0 Å². The number of likely N-dealkylation sites (N-methyl/N-ethyl adjacent to an activating group) is 1.